The van der Waals surface area contributed by atoms with E-state index in [1.807, 2.05) is 31.3 Å². The summed E-state index contributed by atoms with van der Waals surface area (Å²) in [5.74, 6) is -0.435. The predicted molar refractivity (Wildman–Crippen MR) is 101 cm³/mol. The van der Waals surface area contributed by atoms with Crippen LogP contribution in [0.1, 0.15) is 22.0 Å². The molecule has 144 valence electrons. The minimum Gasteiger partial charge on any atom is -0.497 e. The van der Waals surface area contributed by atoms with Gasteiger partial charge < -0.3 is 9.84 Å². The number of nitrogens with zero attached hydrogens (tertiary/aromatic N) is 2. The molecule has 27 heavy (non-hydrogen) atoms. The Kier molecular flexibility index (Phi) is 5.50. The summed E-state index contributed by atoms with van der Waals surface area (Å²) in [4.78, 5) is 13.3. The number of rotatable bonds is 5. The summed E-state index contributed by atoms with van der Waals surface area (Å²) in [6, 6.07) is 12.9. The number of sulfonamides is 1. The average molecular weight is 390 g/mol. The van der Waals surface area contributed by atoms with Crippen LogP contribution < -0.4 is 4.74 Å². The van der Waals surface area contributed by atoms with Crippen molar-refractivity contribution < 1.29 is 23.1 Å². The number of ether oxygens (including phenoxy) is 1. The highest BCUT2D eigenvalue weighted by Gasteiger charge is 2.33. The second kappa shape index (κ2) is 7.67. The molecule has 3 rings (SSSR count). The quantitative estimate of drug-likeness (QED) is 0.841. The molecule has 0 amide bonds. The largest absolute Gasteiger partial charge is 0.497 e. The van der Waals surface area contributed by atoms with Crippen LogP contribution in [0.4, 0.5) is 0 Å². The number of carbonyl (C=O) groups is 1. The van der Waals surface area contributed by atoms with E-state index in [9.17, 15) is 13.2 Å². The lowest BCUT2D eigenvalue weighted by Gasteiger charge is -2.39. The van der Waals surface area contributed by atoms with Crippen LogP contribution in [-0.2, 0) is 10.0 Å². The molecule has 7 nitrogen and oxygen atoms in total. The van der Waals surface area contributed by atoms with Crippen LogP contribution in [0.3, 0.4) is 0 Å². The van der Waals surface area contributed by atoms with E-state index in [-0.39, 0.29) is 23.0 Å². The van der Waals surface area contributed by atoms with Crippen molar-refractivity contribution in [2.45, 2.75) is 10.9 Å². The van der Waals surface area contributed by atoms with E-state index in [4.69, 9.17) is 9.84 Å². The van der Waals surface area contributed by atoms with Crippen LogP contribution >= 0.6 is 0 Å². The fourth-order valence-corrected chi connectivity index (χ4v) is 4.70. The van der Waals surface area contributed by atoms with Crippen molar-refractivity contribution in [1.29, 1.82) is 0 Å². The van der Waals surface area contributed by atoms with Crippen molar-refractivity contribution >= 4 is 16.0 Å². The summed E-state index contributed by atoms with van der Waals surface area (Å²) < 4.78 is 32.8. The number of likely N-dealkylation sites (N-methyl/N-ethyl adjacent to an activating group) is 1. The van der Waals surface area contributed by atoms with Gasteiger partial charge in [0.1, 0.15) is 5.75 Å². The van der Waals surface area contributed by atoms with Gasteiger partial charge in [-0.2, -0.15) is 4.31 Å². The molecule has 1 unspecified atom stereocenters. The van der Waals surface area contributed by atoms with E-state index in [2.05, 4.69) is 4.90 Å². The Morgan fingerprint density at radius 3 is 2.59 bits per heavy atom. The lowest BCUT2D eigenvalue weighted by molar-refractivity contribution is 0.0696. The van der Waals surface area contributed by atoms with Crippen LogP contribution in [0, 0.1) is 0 Å². The van der Waals surface area contributed by atoms with E-state index in [1.54, 1.807) is 7.11 Å². The van der Waals surface area contributed by atoms with E-state index >= 15 is 0 Å². The van der Waals surface area contributed by atoms with Crippen LogP contribution in [-0.4, -0.2) is 62.5 Å². The van der Waals surface area contributed by atoms with Crippen molar-refractivity contribution in [3.8, 4) is 5.75 Å². The lowest BCUT2D eigenvalue weighted by Crippen LogP contribution is -2.48. The molecular weight excluding hydrogens is 368 g/mol. The maximum Gasteiger partial charge on any atom is 0.335 e. The molecule has 0 bridgehead atoms. The first-order chi connectivity index (χ1) is 12.8. The summed E-state index contributed by atoms with van der Waals surface area (Å²) in [6.45, 7) is 1.19. The van der Waals surface area contributed by atoms with Gasteiger partial charge in [0.25, 0.3) is 0 Å². The number of methoxy groups -OCH3 is 1. The maximum absolute atomic E-state index is 13.1. The summed E-state index contributed by atoms with van der Waals surface area (Å²) in [5, 5.41) is 9.13. The van der Waals surface area contributed by atoms with Gasteiger partial charge in [-0.25, -0.2) is 13.2 Å². The molecule has 1 saturated heterocycles. The van der Waals surface area contributed by atoms with Crippen molar-refractivity contribution in [3.63, 3.8) is 0 Å². The summed E-state index contributed by atoms with van der Waals surface area (Å²) in [7, 11) is -0.235. The highest BCUT2D eigenvalue weighted by molar-refractivity contribution is 7.89. The third-order valence-corrected chi connectivity index (χ3v) is 6.67. The number of hydrogen-bond donors (Lipinski definition) is 1. The van der Waals surface area contributed by atoms with Crippen LogP contribution in [0.15, 0.2) is 53.4 Å². The Bertz CT molecular complexity index is 945. The van der Waals surface area contributed by atoms with Gasteiger partial charge in [0, 0.05) is 25.7 Å². The molecule has 2 aromatic carbocycles. The fourth-order valence-electron chi connectivity index (χ4n) is 3.21. The first-order valence-electron chi connectivity index (χ1n) is 8.50. The Balaban J connectivity index is 1.90. The zero-order valence-corrected chi connectivity index (χ0v) is 16.0. The number of piperazine rings is 1. The molecule has 1 fully saturated rings. The second-order valence-electron chi connectivity index (χ2n) is 6.47. The number of hydrogen-bond acceptors (Lipinski definition) is 5. The number of aromatic carboxylic acids is 1. The topological polar surface area (TPSA) is 87.1 Å². The van der Waals surface area contributed by atoms with Crippen molar-refractivity contribution in [3.05, 3.63) is 59.7 Å². The van der Waals surface area contributed by atoms with Crippen LogP contribution in [0.2, 0.25) is 0 Å². The van der Waals surface area contributed by atoms with Crippen molar-refractivity contribution in [2.75, 3.05) is 33.8 Å². The molecule has 8 heteroatoms. The van der Waals surface area contributed by atoms with Gasteiger partial charge >= 0.3 is 5.97 Å². The molecule has 1 atom stereocenters. The zero-order chi connectivity index (χ0) is 19.6. The minimum atomic E-state index is -3.79. The molecule has 0 radical (unpaired) electrons. The zero-order valence-electron chi connectivity index (χ0n) is 15.2. The summed E-state index contributed by atoms with van der Waals surface area (Å²) in [5.41, 5.74) is 0.922. The lowest BCUT2D eigenvalue weighted by atomic mass is 10.0. The molecule has 0 spiro atoms. The van der Waals surface area contributed by atoms with Gasteiger partial charge in [0.05, 0.1) is 17.6 Å². The van der Waals surface area contributed by atoms with Crippen molar-refractivity contribution in [1.82, 2.24) is 9.21 Å². The number of carboxylic acids is 1. The molecule has 1 N–H and O–H groups in total. The highest BCUT2D eigenvalue weighted by atomic mass is 32.2. The van der Waals surface area contributed by atoms with Crippen LogP contribution in [0.25, 0.3) is 0 Å². The normalized spacial score (nSPS) is 19.0. The van der Waals surface area contributed by atoms with E-state index in [0.29, 0.717) is 13.1 Å². The first-order valence-corrected chi connectivity index (χ1v) is 9.94. The Hall–Kier alpha value is -2.42. The summed E-state index contributed by atoms with van der Waals surface area (Å²) in [6.07, 6.45) is 0. The molecule has 0 aliphatic carbocycles. The van der Waals surface area contributed by atoms with Gasteiger partial charge in [-0.15, -0.1) is 0 Å². The molecule has 2 aromatic rings. The van der Waals surface area contributed by atoms with Gasteiger partial charge in [0.15, 0.2) is 0 Å². The molecule has 1 heterocycles. The van der Waals surface area contributed by atoms with Crippen LogP contribution in [0.5, 0.6) is 5.75 Å². The van der Waals surface area contributed by atoms with Gasteiger partial charge in [-0.3, -0.25) is 4.90 Å². The van der Waals surface area contributed by atoms with E-state index in [0.717, 1.165) is 11.3 Å². The molecule has 1 aliphatic rings. The Morgan fingerprint density at radius 2 is 1.89 bits per heavy atom. The smallest absolute Gasteiger partial charge is 0.335 e. The standard InChI is InChI=1S/C19H22N2O5S/c1-20-9-10-21(13-18(20)14-5-3-7-16(11-14)26-2)27(24,25)17-8-4-6-15(12-17)19(22)23/h3-8,11-12,18H,9-10,13H2,1-2H3,(H,22,23). The Labute approximate surface area is 158 Å². The molecular formula is C19H22N2O5S. The SMILES string of the molecule is COc1cccc(C2CN(S(=O)(=O)c3cccc(C(=O)O)c3)CCN2C)c1. The third kappa shape index (κ3) is 3.97. The fraction of sp³-hybridized carbons (Fsp3) is 0.316. The second-order valence-corrected chi connectivity index (χ2v) is 8.41. The minimum absolute atomic E-state index is 0.00338. The van der Waals surface area contributed by atoms with E-state index in [1.165, 1.54) is 28.6 Å². The maximum atomic E-state index is 13.1. The molecule has 1 aliphatic heterocycles. The van der Waals surface area contributed by atoms with Gasteiger partial charge in [0.2, 0.25) is 10.0 Å². The Morgan fingerprint density at radius 1 is 1.15 bits per heavy atom. The number of benzene rings is 2. The monoisotopic (exact) mass is 390 g/mol. The number of carboxylic acid groups (broad SMARTS) is 1. The van der Waals surface area contributed by atoms with Gasteiger partial charge in [-0.1, -0.05) is 18.2 Å². The predicted octanol–water partition coefficient (Wildman–Crippen LogP) is 2.07. The highest BCUT2D eigenvalue weighted by Crippen LogP contribution is 2.29. The first kappa shape index (κ1) is 19.3. The van der Waals surface area contributed by atoms with Gasteiger partial charge in [-0.05, 0) is 42.9 Å². The third-order valence-electron chi connectivity index (χ3n) is 4.81. The average Bonchev–Trinajstić information content (AvgIpc) is 2.68. The van der Waals surface area contributed by atoms with Crippen molar-refractivity contribution in [2.24, 2.45) is 0 Å². The molecule has 0 aromatic heterocycles. The summed E-state index contributed by atoms with van der Waals surface area (Å²) >= 11 is 0. The molecule has 0 saturated carbocycles. The van der Waals surface area contributed by atoms with E-state index < -0.39 is 16.0 Å².